The van der Waals surface area contributed by atoms with E-state index in [1.807, 2.05) is 23.1 Å². The number of hydrogen-bond acceptors (Lipinski definition) is 2. The topological polar surface area (TPSA) is 32.3 Å². The maximum absolute atomic E-state index is 13.4. The van der Waals surface area contributed by atoms with Crippen LogP contribution in [-0.4, -0.2) is 30.4 Å². The molecule has 1 N–H and O–H groups in total. The summed E-state index contributed by atoms with van der Waals surface area (Å²) in [4.78, 5) is 15.0. The highest BCUT2D eigenvalue weighted by molar-refractivity contribution is 6.31. The summed E-state index contributed by atoms with van der Waals surface area (Å²) in [5.74, 6) is 0.276. The van der Waals surface area contributed by atoms with Crippen molar-refractivity contribution in [3.05, 3.63) is 70.5 Å². The van der Waals surface area contributed by atoms with Crippen molar-refractivity contribution in [2.24, 2.45) is 11.8 Å². The Balaban J connectivity index is 0.00000182. The van der Waals surface area contributed by atoms with Gasteiger partial charge >= 0.3 is 0 Å². The van der Waals surface area contributed by atoms with Gasteiger partial charge in [0.25, 0.3) is 5.91 Å². The normalized spacial score (nSPS) is 24.7. The summed E-state index contributed by atoms with van der Waals surface area (Å²) in [6, 6.07) is 14.4. The number of carbonyl (C=O) groups is 1. The predicted molar refractivity (Wildman–Crippen MR) is 98.7 cm³/mol. The lowest BCUT2D eigenvalue weighted by Gasteiger charge is -2.28. The van der Waals surface area contributed by atoms with Gasteiger partial charge in [-0.25, -0.2) is 4.39 Å². The van der Waals surface area contributed by atoms with E-state index < -0.39 is 5.82 Å². The third kappa shape index (κ3) is 3.26. The number of nitrogens with one attached hydrogen (secondary N) is 1. The predicted octanol–water partition coefficient (Wildman–Crippen LogP) is 3.93. The molecule has 0 saturated carbocycles. The minimum Gasteiger partial charge on any atom is -0.331 e. The number of fused-ring (bicyclic) bond motifs is 1. The summed E-state index contributed by atoms with van der Waals surface area (Å²) in [5.41, 5.74) is 1.59. The van der Waals surface area contributed by atoms with Crippen molar-refractivity contribution in [1.82, 2.24) is 10.2 Å². The number of halogens is 3. The molecule has 2 saturated heterocycles. The van der Waals surface area contributed by atoms with Gasteiger partial charge in [0.1, 0.15) is 5.82 Å². The first kappa shape index (κ1) is 18.2. The Hall–Kier alpha value is -1.62. The highest BCUT2D eigenvalue weighted by Crippen LogP contribution is 2.43. The van der Waals surface area contributed by atoms with Gasteiger partial charge in [-0.1, -0.05) is 41.9 Å². The molecule has 0 aromatic heterocycles. The molecule has 2 aliphatic rings. The van der Waals surface area contributed by atoms with E-state index in [0.29, 0.717) is 23.9 Å². The van der Waals surface area contributed by atoms with Crippen LogP contribution in [0.2, 0.25) is 5.02 Å². The quantitative estimate of drug-likeness (QED) is 0.855. The first-order chi connectivity index (χ1) is 11.6. The molecule has 2 aromatic carbocycles. The lowest BCUT2D eigenvalue weighted by molar-refractivity contribution is 0.0714. The molecular weight excluding hydrogens is 362 g/mol. The van der Waals surface area contributed by atoms with Crippen molar-refractivity contribution < 1.29 is 9.18 Å². The summed E-state index contributed by atoms with van der Waals surface area (Å²) >= 11 is 5.86. The van der Waals surface area contributed by atoms with Crippen LogP contribution in [0.25, 0.3) is 0 Å². The largest absolute Gasteiger partial charge is 0.331 e. The highest BCUT2D eigenvalue weighted by Gasteiger charge is 2.46. The molecule has 132 valence electrons. The van der Waals surface area contributed by atoms with Crippen LogP contribution in [-0.2, 0) is 0 Å². The molecule has 3 nitrogen and oxygen atoms in total. The molecule has 4 rings (SSSR count). The maximum Gasteiger partial charge on any atom is 0.254 e. The fourth-order valence-electron chi connectivity index (χ4n) is 4.00. The number of benzene rings is 2. The molecule has 6 heteroatoms. The first-order valence-electron chi connectivity index (χ1n) is 8.17. The van der Waals surface area contributed by atoms with Crippen molar-refractivity contribution in [3.8, 4) is 0 Å². The van der Waals surface area contributed by atoms with Crippen LogP contribution < -0.4 is 5.32 Å². The van der Waals surface area contributed by atoms with Crippen molar-refractivity contribution in [3.63, 3.8) is 0 Å². The van der Waals surface area contributed by atoms with Gasteiger partial charge in [0.2, 0.25) is 0 Å². The van der Waals surface area contributed by atoms with Crippen LogP contribution in [0.15, 0.2) is 48.5 Å². The molecule has 3 atom stereocenters. The van der Waals surface area contributed by atoms with Crippen molar-refractivity contribution >= 4 is 29.9 Å². The number of nitrogens with zero attached hydrogens (tertiary/aromatic N) is 1. The zero-order valence-corrected chi connectivity index (χ0v) is 15.1. The molecule has 0 unspecified atom stereocenters. The van der Waals surface area contributed by atoms with E-state index in [2.05, 4.69) is 17.4 Å². The van der Waals surface area contributed by atoms with Crippen molar-refractivity contribution in [2.75, 3.05) is 19.6 Å². The van der Waals surface area contributed by atoms with E-state index in [9.17, 15) is 9.18 Å². The maximum atomic E-state index is 13.4. The van der Waals surface area contributed by atoms with Crippen LogP contribution in [0.3, 0.4) is 0 Å². The van der Waals surface area contributed by atoms with Gasteiger partial charge in [0.15, 0.2) is 0 Å². The lowest BCUT2D eigenvalue weighted by Crippen LogP contribution is -2.34. The molecule has 1 amide bonds. The number of amides is 1. The fraction of sp³-hybridized carbons (Fsp3) is 0.316. The standard InChI is InChI=1S/C19H18ClFN2O.ClH/c20-16-8-13(6-7-17(16)21)19(24)23-11-14-9-22-10-15(14)18(23)12-4-2-1-3-5-12;/h1-8,14-15,18,22H,9-11H2;1H/t14-,15-,18-;/m0./s1. The van der Waals surface area contributed by atoms with E-state index in [1.165, 1.54) is 18.2 Å². The smallest absolute Gasteiger partial charge is 0.254 e. The monoisotopic (exact) mass is 380 g/mol. The van der Waals surface area contributed by atoms with Crippen LogP contribution in [0, 0.1) is 17.7 Å². The third-order valence-electron chi connectivity index (χ3n) is 5.13. The Bertz CT molecular complexity index is 771. The van der Waals surface area contributed by atoms with Gasteiger partial charge in [-0.15, -0.1) is 12.4 Å². The summed E-state index contributed by atoms with van der Waals surface area (Å²) in [7, 11) is 0. The second-order valence-corrected chi connectivity index (χ2v) is 6.93. The number of rotatable bonds is 2. The minimum absolute atomic E-state index is 0. The Morgan fingerprint density at radius 3 is 2.64 bits per heavy atom. The zero-order chi connectivity index (χ0) is 16.7. The van der Waals surface area contributed by atoms with Crippen LogP contribution in [0.4, 0.5) is 4.39 Å². The second-order valence-electron chi connectivity index (χ2n) is 6.52. The van der Waals surface area contributed by atoms with Crippen LogP contribution >= 0.6 is 24.0 Å². The average molecular weight is 381 g/mol. The number of likely N-dealkylation sites (tertiary alicyclic amines) is 1. The van der Waals surface area contributed by atoms with Gasteiger partial charge in [0, 0.05) is 31.1 Å². The number of hydrogen-bond donors (Lipinski definition) is 1. The van der Waals surface area contributed by atoms with E-state index in [0.717, 1.165) is 18.7 Å². The molecule has 2 aliphatic heterocycles. The SMILES string of the molecule is Cl.O=C(c1ccc(F)c(Cl)c1)N1C[C@@H]2CNC[C@@H]2[C@@H]1c1ccccc1. The molecule has 0 aliphatic carbocycles. The van der Waals surface area contributed by atoms with Gasteiger partial charge in [-0.2, -0.15) is 0 Å². The van der Waals surface area contributed by atoms with Crippen LogP contribution in [0.1, 0.15) is 22.0 Å². The van der Waals surface area contributed by atoms with E-state index in [1.54, 1.807) is 0 Å². The minimum atomic E-state index is -0.504. The Morgan fingerprint density at radius 2 is 1.92 bits per heavy atom. The molecular formula is C19H19Cl2FN2O. The molecule has 2 aromatic rings. The summed E-state index contributed by atoms with van der Waals surface area (Å²) in [5, 5.41) is 3.42. The summed E-state index contributed by atoms with van der Waals surface area (Å²) in [6.45, 7) is 2.56. The Kier molecular flexibility index (Phi) is 5.32. The first-order valence-corrected chi connectivity index (χ1v) is 8.54. The average Bonchev–Trinajstić information content (AvgIpc) is 3.18. The Morgan fingerprint density at radius 1 is 1.16 bits per heavy atom. The van der Waals surface area contributed by atoms with E-state index in [4.69, 9.17) is 11.6 Å². The zero-order valence-electron chi connectivity index (χ0n) is 13.5. The molecule has 25 heavy (non-hydrogen) atoms. The van der Waals surface area contributed by atoms with Gasteiger partial charge in [-0.05, 0) is 29.7 Å². The lowest BCUT2D eigenvalue weighted by atomic mass is 9.89. The van der Waals surface area contributed by atoms with Crippen molar-refractivity contribution in [1.29, 1.82) is 0 Å². The summed E-state index contributed by atoms with van der Waals surface area (Å²) in [6.07, 6.45) is 0. The molecule has 2 fully saturated rings. The third-order valence-corrected chi connectivity index (χ3v) is 5.42. The van der Waals surface area contributed by atoms with E-state index in [-0.39, 0.29) is 29.4 Å². The molecule has 0 spiro atoms. The second kappa shape index (κ2) is 7.32. The summed E-state index contributed by atoms with van der Waals surface area (Å²) < 4.78 is 13.4. The number of carbonyl (C=O) groups excluding carboxylic acids is 1. The van der Waals surface area contributed by atoms with Crippen molar-refractivity contribution in [2.45, 2.75) is 6.04 Å². The fourth-order valence-corrected chi connectivity index (χ4v) is 4.18. The Labute approximate surface area is 157 Å². The van der Waals surface area contributed by atoms with Crippen LogP contribution in [0.5, 0.6) is 0 Å². The molecule has 2 heterocycles. The van der Waals surface area contributed by atoms with Gasteiger partial charge in [-0.3, -0.25) is 4.79 Å². The molecule has 0 radical (unpaired) electrons. The van der Waals surface area contributed by atoms with Gasteiger partial charge in [0.05, 0.1) is 11.1 Å². The highest BCUT2D eigenvalue weighted by atomic mass is 35.5. The molecule has 0 bridgehead atoms. The van der Waals surface area contributed by atoms with E-state index >= 15 is 0 Å². The van der Waals surface area contributed by atoms with Gasteiger partial charge < -0.3 is 10.2 Å².